The Labute approximate surface area is 383 Å². The number of hydrogen-bond acceptors (Lipinski definition) is 9. The van der Waals surface area contributed by atoms with Crippen molar-refractivity contribution in [3.05, 3.63) is 96.1 Å². The molecule has 13 heteroatoms. The number of phenols is 1. The predicted molar refractivity (Wildman–Crippen MR) is 232 cm³/mol. The van der Waals surface area contributed by atoms with Crippen molar-refractivity contribution < 1.29 is 45.6 Å². The first-order valence-electron chi connectivity index (χ1n) is 20.9. The van der Waals surface area contributed by atoms with Gasteiger partial charge in [0.1, 0.15) is 43.8 Å². The van der Waals surface area contributed by atoms with Gasteiger partial charge in [0.2, 0.25) is 0 Å². The van der Waals surface area contributed by atoms with Crippen molar-refractivity contribution in [2.24, 2.45) is 0 Å². The molecule has 0 fully saturated rings. The largest absolute Gasteiger partial charge is 2.00 e. The minimum atomic E-state index is -4.70. The number of unbranched alkanes of at least 4 members (excludes halogenated alkanes) is 16. The van der Waals surface area contributed by atoms with Crippen molar-refractivity contribution in [3.63, 3.8) is 0 Å². The Morgan fingerprint density at radius 2 is 0.864 bits per heavy atom. The van der Waals surface area contributed by atoms with E-state index in [-0.39, 0.29) is 55.0 Å². The van der Waals surface area contributed by atoms with E-state index >= 15 is 0 Å². The van der Waals surface area contributed by atoms with Crippen LogP contribution >= 0.6 is 0 Å². The number of hydrogen-bond donors (Lipinski definition) is 2. The Hall–Kier alpha value is -2.84. The molecule has 0 heterocycles. The van der Waals surface area contributed by atoms with E-state index < -0.39 is 35.8 Å². The number of aromatic hydroxyl groups is 1. The second-order valence-electron chi connectivity index (χ2n) is 14.9. The second-order valence-corrected chi connectivity index (χ2v) is 17.7. The molecular formula is C46H62CaO10S2. The average molecular weight is 879 g/mol. The fraction of sp³-hybridized carbons (Fsp3) is 0.478. The van der Waals surface area contributed by atoms with Crippen molar-refractivity contribution >= 4 is 58.0 Å². The molecule has 0 atom stereocenters. The molecule has 0 radical (unpaired) electrons. The summed E-state index contributed by atoms with van der Waals surface area (Å²) in [5.74, 6) is 0.326. The predicted octanol–water partition coefficient (Wildman–Crippen LogP) is 11.7. The van der Waals surface area contributed by atoms with Crippen molar-refractivity contribution in [2.45, 2.75) is 152 Å². The Balaban J connectivity index is 0.000000400. The topological polar surface area (TPSA) is 173 Å². The fourth-order valence-electron chi connectivity index (χ4n) is 6.51. The molecule has 0 amide bonds. The molecule has 4 aromatic rings. The molecule has 4 aromatic carbocycles. The van der Waals surface area contributed by atoms with Gasteiger partial charge >= 0.3 is 37.7 Å². The molecule has 0 aliphatic heterocycles. The molecule has 2 N–H and O–H groups in total. The van der Waals surface area contributed by atoms with Crippen LogP contribution in [0.1, 0.15) is 141 Å². The summed E-state index contributed by atoms with van der Waals surface area (Å²) in [5.41, 5.74) is 2.44. The van der Waals surface area contributed by atoms with Crippen LogP contribution in [-0.2, 0) is 33.1 Å². The third-order valence-corrected chi connectivity index (χ3v) is 11.4. The van der Waals surface area contributed by atoms with E-state index in [0.717, 1.165) is 43.5 Å². The van der Waals surface area contributed by atoms with Gasteiger partial charge in [0, 0.05) is 18.2 Å². The Morgan fingerprint density at radius 3 is 1.25 bits per heavy atom. The standard InChI is InChI=1S/2C23H32O5S.Ca/c2*1-2-3-4-5-6-7-8-9-10-11-19-12-14-21(15-13-19)28-22-16-20(24)17-23(18-22)29(25,26)27;/h2*12-18,24H,2-11H2,1H3,(H,25,26,27);/q;;+2/p-2. The van der Waals surface area contributed by atoms with Crippen LogP contribution in [0.25, 0.3) is 0 Å². The zero-order valence-electron chi connectivity index (χ0n) is 34.9. The summed E-state index contributed by atoms with van der Waals surface area (Å²) in [6, 6.07) is 21.6. The molecule has 0 aliphatic rings. The van der Waals surface area contributed by atoms with Gasteiger partial charge in [0.05, 0.1) is 4.90 Å². The van der Waals surface area contributed by atoms with Crippen LogP contribution in [0, 0.1) is 0 Å². The van der Waals surface area contributed by atoms with Gasteiger partial charge in [-0.05, 0) is 73.2 Å². The van der Waals surface area contributed by atoms with E-state index in [1.807, 2.05) is 36.4 Å². The van der Waals surface area contributed by atoms with Gasteiger partial charge in [-0.2, -0.15) is 8.42 Å². The van der Waals surface area contributed by atoms with E-state index in [1.54, 1.807) is 12.1 Å². The summed E-state index contributed by atoms with van der Waals surface area (Å²) in [6.07, 6.45) is 25.4. The van der Waals surface area contributed by atoms with E-state index in [0.29, 0.717) is 11.5 Å². The normalized spacial score (nSPS) is 11.3. The third-order valence-electron chi connectivity index (χ3n) is 9.76. The molecule has 0 unspecified atom stereocenters. The summed E-state index contributed by atoms with van der Waals surface area (Å²) in [6.45, 7) is 4.48. The minimum Gasteiger partial charge on any atom is -0.872 e. The average Bonchev–Trinajstić information content (AvgIpc) is 3.17. The molecule has 0 saturated heterocycles. The summed E-state index contributed by atoms with van der Waals surface area (Å²) >= 11 is 0. The first-order chi connectivity index (χ1) is 27.8. The number of aryl methyl sites for hydroxylation is 2. The van der Waals surface area contributed by atoms with Gasteiger partial charge in [-0.25, -0.2) is 8.42 Å². The molecule has 59 heavy (non-hydrogen) atoms. The van der Waals surface area contributed by atoms with Gasteiger partial charge in [0.15, 0.2) is 0 Å². The van der Waals surface area contributed by atoms with Crippen LogP contribution in [0.2, 0.25) is 0 Å². The monoisotopic (exact) mass is 878 g/mol. The summed E-state index contributed by atoms with van der Waals surface area (Å²) < 4.78 is 76.1. The van der Waals surface area contributed by atoms with Crippen LogP contribution in [0.5, 0.6) is 34.5 Å². The van der Waals surface area contributed by atoms with Crippen LogP contribution in [0.15, 0.2) is 94.7 Å². The third kappa shape index (κ3) is 22.5. The Kier molecular flexibility index (Phi) is 25.4. The molecule has 10 nitrogen and oxygen atoms in total. The van der Waals surface area contributed by atoms with Crippen LogP contribution < -0.4 is 14.6 Å². The van der Waals surface area contributed by atoms with Gasteiger partial charge < -0.3 is 24.2 Å². The maximum absolute atomic E-state index is 11.6. The summed E-state index contributed by atoms with van der Waals surface area (Å²) in [7, 11) is -9.11. The molecule has 0 bridgehead atoms. The molecule has 0 saturated carbocycles. The SMILES string of the molecule is CCCCCCCCCCCc1ccc(Oc2cc(O)cc(S(=O)(=O)O)c2)cc1.CCCCCCCCCCCc1ccc(Oc2cc([O-])cc(S(=O)(=O)[O-])c2)cc1.[Ca+2]. The first kappa shape index (κ1) is 52.3. The molecule has 0 aromatic heterocycles. The Morgan fingerprint density at radius 1 is 0.492 bits per heavy atom. The zero-order chi connectivity index (χ0) is 42.2. The van der Waals surface area contributed by atoms with Crippen LogP contribution in [0.3, 0.4) is 0 Å². The number of phenolic OH excluding ortho intramolecular Hbond substituents is 1. The van der Waals surface area contributed by atoms with Gasteiger partial charge in [0.25, 0.3) is 10.1 Å². The van der Waals surface area contributed by atoms with Crippen molar-refractivity contribution in [3.8, 4) is 34.5 Å². The second kappa shape index (κ2) is 28.6. The van der Waals surface area contributed by atoms with E-state index in [9.17, 15) is 31.6 Å². The zero-order valence-corrected chi connectivity index (χ0v) is 38.8. The first-order valence-corrected chi connectivity index (χ1v) is 23.7. The van der Waals surface area contributed by atoms with Gasteiger partial charge in [-0.15, -0.1) is 5.75 Å². The van der Waals surface area contributed by atoms with E-state index in [4.69, 9.17) is 14.0 Å². The minimum absolute atomic E-state index is 0. The Bertz CT molecular complexity index is 1840. The van der Waals surface area contributed by atoms with E-state index in [2.05, 4.69) is 13.8 Å². The van der Waals surface area contributed by atoms with Crippen molar-refractivity contribution in [1.29, 1.82) is 0 Å². The molecule has 0 aliphatic carbocycles. The van der Waals surface area contributed by atoms with E-state index in [1.165, 1.54) is 132 Å². The van der Waals surface area contributed by atoms with Crippen molar-refractivity contribution in [2.75, 3.05) is 0 Å². The maximum atomic E-state index is 11.6. The number of benzene rings is 4. The van der Waals surface area contributed by atoms with Gasteiger partial charge in [-0.3, -0.25) is 4.55 Å². The molecule has 4 rings (SSSR count). The summed E-state index contributed by atoms with van der Waals surface area (Å²) in [4.78, 5) is -0.989. The maximum Gasteiger partial charge on any atom is 2.00 e. The fourth-order valence-corrected chi connectivity index (χ4v) is 7.57. The number of ether oxygens (including phenoxy) is 2. The van der Waals surface area contributed by atoms with Crippen LogP contribution in [0.4, 0.5) is 0 Å². The summed E-state index contributed by atoms with van der Waals surface area (Å²) in [5, 5.41) is 21.2. The van der Waals surface area contributed by atoms with Crippen LogP contribution in [-0.4, -0.2) is 68.8 Å². The van der Waals surface area contributed by atoms with Crippen molar-refractivity contribution in [1.82, 2.24) is 0 Å². The quantitative estimate of drug-likeness (QED) is 0.0351. The molecular weight excluding hydrogens is 817 g/mol. The molecule has 0 spiro atoms. The smallest absolute Gasteiger partial charge is 0.872 e. The number of rotatable bonds is 26. The van der Waals surface area contributed by atoms with Gasteiger partial charge in [-0.1, -0.05) is 147 Å². The molecule has 320 valence electrons.